The second-order valence-corrected chi connectivity index (χ2v) is 7.16. The van der Waals surface area contributed by atoms with Crippen molar-refractivity contribution in [1.29, 1.82) is 0 Å². The van der Waals surface area contributed by atoms with E-state index in [1.807, 2.05) is 37.3 Å². The lowest BCUT2D eigenvalue weighted by molar-refractivity contribution is -0.0498. The molecule has 3 rings (SSSR count). The zero-order valence-corrected chi connectivity index (χ0v) is 16.2. The molecule has 0 saturated carbocycles. The van der Waals surface area contributed by atoms with Gasteiger partial charge in [0.2, 0.25) is 0 Å². The van der Waals surface area contributed by atoms with Crippen LogP contribution < -0.4 is 4.74 Å². The number of hydrogen-bond acceptors (Lipinski definition) is 4. The predicted octanol–water partition coefficient (Wildman–Crippen LogP) is 4.06. The van der Waals surface area contributed by atoms with Crippen LogP contribution in [0.5, 0.6) is 11.5 Å². The number of phenols is 1. The number of alkyl halides is 2. The number of nitrogens with zero attached hydrogens (tertiary/aromatic N) is 2. The van der Waals surface area contributed by atoms with Gasteiger partial charge < -0.3 is 14.7 Å². The average molecular weight is 388 g/mol. The Hall–Kier alpha value is -2.44. The molecule has 0 amide bonds. The van der Waals surface area contributed by atoms with Crippen molar-refractivity contribution in [2.75, 3.05) is 39.8 Å². The van der Waals surface area contributed by atoms with E-state index in [2.05, 4.69) is 21.6 Å². The number of rotatable bonds is 6. The van der Waals surface area contributed by atoms with E-state index in [1.165, 1.54) is 18.2 Å². The molecule has 150 valence electrons. The van der Waals surface area contributed by atoms with Gasteiger partial charge in [0.1, 0.15) is 11.5 Å². The molecule has 1 aliphatic heterocycles. The zero-order chi connectivity index (χ0) is 20.1. The molecule has 1 N–H and O–H groups in total. The van der Waals surface area contributed by atoms with Crippen LogP contribution in [0.2, 0.25) is 0 Å². The summed E-state index contributed by atoms with van der Waals surface area (Å²) in [4.78, 5) is 4.67. The number of aromatic hydroxyl groups is 1. The third kappa shape index (κ3) is 5.09. The number of halogens is 2. The first kappa shape index (κ1) is 20.3. The van der Waals surface area contributed by atoms with Gasteiger partial charge in [0.25, 0.3) is 0 Å². The van der Waals surface area contributed by atoms with Gasteiger partial charge >= 0.3 is 6.61 Å². The Morgan fingerprint density at radius 2 is 1.75 bits per heavy atom. The number of benzene rings is 2. The summed E-state index contributed by atoms with van der Waals surface area (Å²) in [6.07, 6.45) is 0. The normalized spacial score (nSPS) is 16.9. The number of phenolic OH excluding ortho intramolecular Hbond substituents is 1. The predicted molar refractivity (Wildman–Crippen MR) is 107 cm³/mol. The fraction of sp³-hybridized carbons (Fsp3) is 0.364. The first-order valence-electron chi connectivity index (χ1n) is 9.38. The summed E-state index contributed by atoms with van der Waals surface area (Å²) in [7, 11) is 2.11. The van der Waals surface area contributed by atoms with E-state index >= 15 is 0 Å². The van der Waals surface area contributed by atoms with E-state index in [0.29, 0.717) is 5.56 Å². The molecule has 0 spiro atoms. The lowest BCUT2D eigenvalue weighted by atomic mass is 9.92. The lowest BCUT2D eigenvalue weighted by Gasteiger charge is -2.33. The fourth-order valence-corrected chi connectivity index (χ4v) is 3.55. The molecule has 1 aliphatic rings. The molecular formula is C22H26F2N2O2. The SMILES string of the molecule is C/C(CN1CCN(C)CC1)=C(/c1ccccc1)c1cc(OC(F)F)ccc1O. The van der Waals surface area contributed by atoms with Crippen molar-refractivity contribution >= 4 is 5.57 Å². The molecular weight excluding hydrogens is 362 g/mol. The summed E-state index contributed by atoms with van der Waals surface area (Å²) in [6, 6.07) is 13.9. The zero-order valence-electron chi connectivity index (χ0n) is 16.2. The molecule has 1 saturated heterocycles. The first-order valence-corrected chi connectivity index (χ1v) is 9.38. The van der Waals surface area contributed by atoms with Gasteiger partial charge in [-0.15, -0.1) is 0 Å². The van der Waals surface area contributed by atoms with Crippen molar-refractivity contribution in [1.82, 2.24) is 9.80 Å². The number of hydrogen-bond donors (Lipinski definition) is 1. The van der Waals surface area contributed by atoms with Gasteiger partial charge in [-0.2, -0.15) is 8.78 Å². The van der Waals surface area contributed by atoms with Crippen LogP contribution in [0.15, 0.2) is 54.1 Å². The molecule has 0 radical (unpaired) electrons. The lowest BCUT2D eigenvalue weighted by Crippen LogP contribution is -2.44. The van der Waals surface area contributed by atoms with Crippen molar-refractivity contribution in [3.8, 4) is 11.5 Å². The van der Waals surface area contributed by atoms with Crippen molar-refractivity contribution in [2.45, 2.75) is 13.5 Å². The standard InChI is InChI=1S/C22H26F2N2O2/c1-16(15-26-12-10-25(2)11-13-26)21(17-6-4-3-5-7-17)19-14-18(28-22(23)24)8-9-20(19)27/h3-9,14,22,27H,10-13,15H2,1-2H3/b21-16+. The highest BCUT2D eigenvalue weighted by atomic mass is 19.3. The Kier molecular flexibility index (Phi) is 6.65. The summed E-state index contributed by atoms with van der Waals surface area (Å²) in [5, 5.41) is 10.5. The Morgan fingerprint density at radius 1 is 1.07 bits per heavy atom. The minimum Gasteiger partial charge on any atom is -0.507 e. The molecule has 2 aromatic carbocycles. The van der Waals surface area contributed by atoms with Gasteiger partial charge in [0, 0.05) is 38.3 Å². The van der Waals surface area contributed by atoms with Crippen LogP contribution in [0, 0.1) is 0 Å². The largest absolute Gasteiger partial charge is 0.507 e. The Bertz CT molecular complexity index is 817. The van der Waals surface area contributed by atoms with E-state index in [1.54, 1.807) is 0 Å². The highest BCUT2D eigenvalue weighted by Gasteiger charge is 2.19. The minimum absolute atomic E-state index is 0.0311. The minimum atomic E-state index is -2.91. The summed E-state index contributed by atoms with van der Waals surface area (Å²) in [5.74, 6) is 0.0711. The molecule has 1 fully saturated rings. The molecule has 6 heteroatoms. The third-order valence-corrected chi connectivity index (χ3v) is 5.01. The Morgan fingerprint density at radius 3 is 2.39 bits per heavy atom. The van der Waals surface area contributed by atoms with Crippen LogP contribution in [-0.2, 0) is 0 Å². The van der Waals surface area contributed by atoms with Crippen molar-refractivity contribution in [2.24, 2.45) is 0 Å². The van der Waals surface area contributed by atoms with Gasteiger partial charge in [-0.3, -0.25) is 4.90 Å². The molecule has 0 unspecified atom stereocenters. The van der Waals surface area contributed by atoms with Crippen LogP contribution in [0.4, 0.5) is 8.78 Å². The highest BCUT2D eigenvalue weighted by molar-refractivity contribution is 5.85. The molecule has 2 aromatic rings. The maximum absolute atomic E-state index is 12.7. The van der Waals surface area contributed by atoms with E-state index in [0.717, 1.165) is 49.4 Å². The van der Waals surface area contributed by atoms with Crippen LogP contribution in [0.3, 0.4) is 0 Å². The van der Waals surface area contributed by atoms with E-state index in [-0.39, 0.29) is 11.5 Å². The van der Waals surface area contributed by atoms with E-state index in [9.17, 15) is 13.9 Å². The van der Waals surface area contributed by atoms with Gasteiger partial charge in [-0.1, -0.05) is 35.9 Å². The average Bonchev–Trinajstić information content (AvgIpc) is 2.67. The van der Waals surface area contributed by atoms with E-state index in [4.69, 9.17) is 0 Å². The molecule has 28 heavy (non-hydrogen) atoms. The van der Waals surface area contributed by atoms with Gasteiger partial charge in [0.05, 0.1) is 0 Å². The highest BCUT2D eigenvalue weighted by Crippen LogP contribution is 2.36. The fourth-order valence-electron chi connectivity index (χ4n) is 3.55. The van der Waals surface area contributed by atoms with Crippen LogP contribution in [0.25, 0.3) is 5.57 Å². The first-order chi connectivity index (χ1) is 13.4. The number of ether oxygens (including phenoxy) is 1. The monoisotopic (exact) mass is 388 g/mol. The van der Waals surface area contributed by atoms with Crippen LogP contribution in [-0.4, -0.2) is 61.3 Å². The van der Waals surface area contributed by atoms with Gasteiger partial charge in [-0.05, 0) is 43.3 Å². The summed E-state index contributed by atoms with van der Waals surface area (Å²) in [5.41, 5.74) is 3.34. The van der Waals surface area contributed by atoms with Gasteiger partial charge in [-0.25, -0.2) is 0 Å². The molecule has 0 aliphatic carbocycles. The quantitative estimate of drug-likeness (QED) is 0.810. The Labute approximate surface area is 164 Å². The number of likely N-dealkylation sites (N-methyl/N-ethyl adjacent to an activating group) is 1. The molecule has 0 bridgehead atoms. The summed E-state index contributed by atoms with van der Waals surface area (Å²) < 4.78 is 29.9. The van der Waals surface area contributed by atoms with Crippen LogP contribution in [0.1, 0.15) is 18.1 Å². The maximum Gasteiger partial charge on any atom is 0.387 e. The number of piperazine rings is 1. The van der Waals surface area contributed by atoms with Crippen molar-refractivity contribution < 1.29 is 18.6 Å². The molecule has 4 nitrogen and oxygen atoms in total. The Balaban J connectivity index is 2.00. The van der Waals surface area contributed by atoms with Crippen molar-refractivity contribution in [3.63, 3.8) is 0 Å². The second kappa shape index (κ2) is 9.17. The van der Waals surface area contributed by atoms with Gasteiger partial charge in [0.15, 0.2) is 0 Å². The topological polar surface area (TPSA) is 35.9 Å². The summed E-state index contributed by atoms with van der Waals surface area (Å²) >= 11 is 0. The molecule has 0 atom stereocenters. The maximum atomic E-state index is 12.7. The summed E-state index contributed by atoms with van der Waals surface area (Å²) in [6.45, 7) is 3.83. The molecule has 1 heterocycles. The van der Waals surface area contributed by atoms with Crippen molar-refractivity contribution in [3.05, 3.63) is 65.2 Å². The third-order valence-electron chi connectivity index (χ3n) is 5.01. The smallest absolute Gasteiger partial charge is 0.387 e. The second-order valence-electron chi connectivity index (χ2n) is 7.16. The van der Waals surface area contributed by atoms with Crippen LogP contribution >= 0.6 is 0 Å². The molecule has 0 aromatic heterocycles. The van der Waals surface area contributed by atoms with E-state index < -0.39 is 6.61 Å².